The van der Waals surface area contributed by atoms with Gasteiger partial charge in [0.25, 0.3) is 5.91 Å². The number of anilines is 1. The van der Waals surface area contributed by atoms with Crippen molar-refractivity contribution in [2.24, 2.45) is 0 Å². The molecule has 0 saturated heterocycles. The third-order valence-electron chi connectivity index (χ3n) is 4.48. The molecule has 0 spiro atoms. The van der Waals surface area contributed by atoms with Crippen molar-refractivity contribution >= 4 is 23.3 Å². The summed E-state index contributed by atoms with van der Waals surface area (Å²) >= 11 is 5.89. The summed E-state index contributed by atoms with van der Waals surface area (Å²) in [6, 6.07) is 26.3. The van der Waals surface area contributed by atoms with Crippen LogP contribution in [0.2, 0.25) is 5.02 Å². The van der Waals surface area contributed by atoms with E-state index in [-0.39, 0.29) is 5.91 Å². The molecule has 0 fully saturated rings. The van der Waals surface area contributed by atoms with Gasteiger partial charge in [0, 0.05) is 22.8 Å². The summed E-state index contributed by atoms with van der Waals surface area (Å²) in [5.41, 5.74) is 2.59. The average Bonchev–Trinajstić information content (AvgIpc) is 3.21. The lowest BCUT2D eigenvalue weighted by Crippen LogP contribution is -2.13. The molecule has 0 atom stereocenters. The van der Waals surface area contributed by atoms with Crippen LogP contribution in [0.4, 0.5) is 5.82 Å². The highest BCUT2D eigenvalue weighted by molar-refractivity contribution is 6.30. The Labute approximate surface area is 179 Å². The second-order valence-electron chi connectivity index (χ2n) is 6.78. The summed E-state index contributed by atoms with van der Waals surface area (Å²) < 4.78 is 7.55. The van der Waals surface area contributed by atoms with Gasteiger partial charge in [-0.3, -0.25) is 9.48 Å². The van der Waals surface area contributed by atoms with E-state index in [4.69, 9.17) is 16.3 Å². The van der Waals surface area contributed by atoms with E-state index in [1.807, 2.05) is 66.9 Å². The number of nitrogens with one attached hydrogen (secondary N) is 1. The number of carbonyl (C=O) groups excluding carboxylic acids is 1. The summed E-state index contributed by atoms with van der Waals surface area (Å²) in [6.07, 6.45) is 1.85. The first-order chi connectivity index (χ1) is 14.7. The smallest absolute Gasteiger partial charge is 0.256 e. The van der Waals surface area contributed by atoms with Crippen molar-refractivity contribution in [1.29, 1.82) is 0 Å². The first-order valence-electron chi connectivity index (χ1n) is 9.52. The molecule has 6 heteroatoms. The van der Waals surface area contributed by atoms with Crippen molar-refractivity contribution in [2.75, 3.05) is 5.32 Å². The molecule has 0 aliphatic rings. The third-order valence-corrected chi connectivity index (χ3v) is 4.73. The molecule has 4 rings (SSSR count). The number of carbonyl (C=O) groups is 1. The molecular weight excluding hydrogens is 398 g/mol. The minimum atomic E-state index is -0.215. The molecule has 0 bridgehead atoms. The van der Waals surface area contributed by atoms with Gasteiger partial charge < -0.3 is 10.1 Å². The topological polar surface area (TPSA) is 56.2 Å². The van der Waals surface area contributed by atoms with E-state index in [0.29, 0.717) is 29.6 Å². The lowest BCUT2D eigenvalue weighted by Gasteiger charge is -2.08. The number of ether oxygens (including phenoxy) is 1. The van der Waals surface area contributed by atoms with Crippen molar-refractivity contribution < 1.29 is 9.53 Å². The number of rotatable bonds is 7. The molecule has 1 aromatic heterocycles. The van der Waals surface area contributed by atoms with Gasteiger partial charge in [0.15, 0.2) is 5.82 Å². The van der Waals surface area contributed by atoms with Crippen LogP contribution in [0.15, 0.2) is 91.1 Å². The van der Waals surface area contributed by atoms with E-state index in [0.717, 1.165) is 16.9 Å². The molecule has 150 valence electrons. The quantitative estimate of drug-likeness (QED) is 0.437. The normalized spacial score (nSPS) is 10.6. The van der Waals surface area contributed by atoms with Crippen molar-refractivity contribution in [3.05, 3.63) is 113 Å². The van der Waals surface area contributed by atoms with Crippen molar-refractivity contribution in [3.8, 4) is 5.75 Å². The minimum Gasteiger partial charge on any atom is -0.489 e. The lowest BCUT2D eigenvalue weighted by molar-refractivity contribution is 0.102. The fourth-order valence-corrected chi connectivity index (χ4v) is 3.10. The molecule has 0 aliphatic heterocycles. The van der Waals surface area contributed by atoms with Crippen LogP contribution >= 0.6 is 11.6 Å². The van der Waals surface area contributed by atoms with Crippen LogP contribution < -0.4 is 10.1 Å². The van der Waals surface area contributed by atoms with Gasteiger partial charge >= 0.3 is 0 Å². The standard InChI is InChI=1S/C24H20ClN3O2/c25-21-9-11-22(12-10-21)30-17-19-7-4-8-20(15-19)24(29)26-23-13-14-28(27-23)16-18-5-2-1-3-6-18/h1-15H,16-17H2,(H,26,27,29). The Kier molecular flexibility index (Phi) is 6.11. The zero-order valence-corrected chi connectivity index (χ0v) is 16.9. The van der Waals surface area contributed by atoms with E-state index in [1.54, 1.807) is 28.9 Å². The highest BCUT2D eigenvalue weighted by atomic mass is 35.5. The van der Waals surface area contributed by atoms with Crippen molar-refractivity contribution in [3.63, 3.8) is 0 Å². The Bertz CT molecular complexity index is 1120. The molecular formula is C24H20ClN3O2. The molecule has 5 nitrogen and oxygen atoms in total. The molecule has 1 N–H and O–H groups in total. The van der Waals surface area contributed by atoms with Gasteiger partial charge in [0.2, 0.25) is 0 Å². The Morgan fingerprint density at radius 3 is 2.50 bits per heavy atom. The molecule has 3 aromatic carbocycles. The summed E-state index contributed by atoms with van der Waals surface area (Å²) in [4.78, 5) is 12.6. The van der Waals surface area contributed by atoms with Crippen molar-refractivity contribution in [1.82, 2.24) is 9.78 Å². The van der Waals surface area contributed by atoms with Gasteiger partial charge in [-0.25, -0.2) is 0 Å². The van der Waals surface area contributed by atoms with E-state index in [2.05, 4.69) is 10.4 Å². The van der Waals surface area contributed by atoms with Gasteiger partial charge in [-0.1, -0.05) is 54.1 Å². The number of hydrogen-bond acceptors (Lipinski definition) is 3. The van der Waals surface area contributed by atoms with Gasteiger partial charge in [0.1, 0.15) is 12.4 Å². The molecule has 4 aromatic rings. The summed E-state index contributed by atoms with van der Waals surface area (Å²) in [5.74, 6) is 1.02. The zero-order valence-electron chi connectivity index (χ0n) is 16.2. The Hall–Kier alpha value is -3.57. The predicted octanol–water partition coefficient (Wildman–Crippen LogP) is 5.42. The zero-order chi connectivity index (χ0) is 20.8. The SMILES string of the molecule is O=C(Nc1ccn(Cc2ccccc2)n1)c1cccc(COc2ccc(Cl)cc2)c1. The minimum absolute atomic E-state index is 0.215. The van der Waals surface area contributed by atoms with Gasteiger partial charge in [-0.2, -0.15) is 5.10 Å². The first kappa shape index (κ1) is 19.7. The van der Waals surface area contributed by atoms with E-state index < -0.39 is 0 Å². The third kappa shape index (κ3) is 5.27. The van der Waals surface area contributed by atoms with E-state index >= 15 is 0 Å². The maximum absolute atomic E-state index is 12.6. The number of hydrogen-bond donors (Lipinski definition) is 1. The highest BCUT2D eigenvalue weighted by Crippen LogP contribution is 2.17. The highest BCUT2D eigenvalue weighted by Gasteiger charge is 2.09. The molecule has 30 heavy (non-hydrogen) atoms. The van der Waals surface area contributed by atoms with Crippen LogP contribution in [0.3, 0.4) is 0 Å². The largest absolute Gasteiger partial charge is 0.489 e. The predicted molar refractivity (Wildman–Crippen MR) is 118 cm³/mol. The number of aromatic nitrogens is 2. The second kappa shape index (κ2) is 9.29. The maximum Gasteiger partial charge on any atom is 0.256 e. The monoisotopic (exact) mass is 417 g/mol. The van der Waals surface area contributed by atoms with Gasteiger partial charge in [0.05, 0.1) is 6.54 Å². The van der Waals surface area contributed by atoms with E-state index in [9.17, 15) is 4.79 Å². The average molecular weight is 418 g/mol. The van der Waals surface area contributed by atoms with Gasteiger partial charge in [-0.15, -0.1) is 0 Å². The molecule has 0 unspecified atom stereocenters. The number of nitrogens with zero attached hydrogens (tertiary/aromatic N) is 2. The molecule has 0 aliphatic carbocycles. The number of halogens is 1. The molecule has 1 amide bonds. The Balaban J connectivity index is 1.36. The Morgan fingerprint density at radius 2 is 1.70 bits per heavy atom. The maximum atomic E-state index is 12.6. The van der Waals surface area contributed by atoms with Crippen LogP contribution in [0.1, 0.15) is 21.5 Å². The summed E-state index contributed by atoms with van der Waals surface area (Å²) in [6.45, 7) is 1.00. The van der Waals surface area contributed by atoms with Crippen LogP contribution in [0.5, 0.6) is 5.75 Å². The van der Waals surface area contributed by atoms with Crippen LogP contribution in [-0.4, -0.2) is 15.7 Å². The second-order valence-corrected chi connectivity index (χ2v) is 7.22. The van der Waals surface area contributed by atoms with Crippen LogP contribution in [-0.2, 0) is 13.2 Å². The van der Waals surface area contributed by atoms with Gasteiger partial charge in [-0.05, 0) is 47.5 Å². The fourth-order valence-electron chi connectivity index (χ4n) is 2.98. The molecule has 0 saturated carbocycles. The summed E-state index contributed by atoms with van der Waals surface area (Å²) in [5, 5.41) is 7.93. The van der Waals surface area contributed by atoms with E-state index in [1.165, 1.54) is 0 Å². The lowest BCUT2D eigenvalue weighted by atomic mass is 10.1. The van der Waals surface area contributed by atoms with Crippen molar-refractivity contribution in [2.45, 2.75) is 13.2 Å². The van der Waals surface area contributed by atoms with Crippen LogP contribution in [0.25, 0.3) is 0 Å². The Morgan fingerprint density at radius 1 is 0.933 bits per heavy atom. The molecule has 0 radical (unpaired) electrons. The van der Waals surface area contributed by atoms with Crippen LogP contribution in [0, 0.1) is 0 Å². The summed E-state index contributed by atoms with van der Waals surface area (Å²) in [7, 11) is 0. The molecule has 1 heterocycles. The fraction of sp³-hybridized carbons (Fsp3) is 0.0833. The number of amides is 1. The number of benzene rings is 3. The first-order valence-corrected chi connectivity index (χ1v) is 9.89.